The number of β-amino-alcohol motifs (C(OH)–C–C–N with tert-alkyl or cyclic N) is 1. The molecule has 1 aromatic rings. The van der Waals surface area contributed by atoms with Gasteiger partial charge in [-0.3, -0.25) is 4.90 Å². The molecule has 1 aromatic carbocycles. The van der Waals surface area contributed by atoms with Gasteiger partial charge < -0.3 is 9.84 Å². The Morgan fingerprint density at radius 1 is 1.30 bits per heavy atom. The molecule has 112 valence electrons. The molecule has 3 nitrogen and oxygen atoms in total. The third kappa shape index (κ3) is 4.47. The van der Waals surface area contributed by atoms with Crippen LogP contribution in [0.3, 0.4) is 0 Å². The Labute approximate surface area is 116 Å². The minimum absolute atomic E-state index is 0.133. The van der Waals surface area contributed by atoms with Gasteiger partial charge >= 0.3 is 6.18 Å². The van der Waals surface area contributed by atoms with E-state index in [1.807, 2.05) is 30.3 Å². The molecule has 1 aliphatic heterocycles. The van der Waals surface area contributed by atoms with E-state index in [9.17, 15) is 13.2 Å². The lowest BCUT2D eigenvalue weighted by Crippen LogP contribution is -2.49. The normalized spacial score (nSPS) is 22.7. The van der Waals surface area contributed by atoms with Crippen LogP contribution in [0, 0.1) is 0 Å². The van der Waals surface area contributed by atoms with Crippen LogP contribution < -0.4 is 0 Å². The van der Waals surface area contributed by atoms with Crippen LogP contribution in [0.25, 0.3) is 0 Å². The maximum Gasteiger partial charge on any atom is 0.415 e. The van der Waals surface area contributed by atoms with Gasteiger partial charge in [0.05, 0.1) is 12.7 Å². The minimum atomic E-state index is -4.56. The highest BCUT2D eigenvalue weighted by Gasteiger charge is 2.39. The molecular weight excluding hydrogens is 271 g/mol. The van der Waals surface area contributed by atoms with Crippen LogP contribution in [-0.4, -0.2) is 54.6 Å². The van der Waals surface area contributed by atoms with Crippen LogP contribution in [-0.2, 0) is 11.2 Å². The van der Waals surface area contributed by atoms with Gasteiger partial charge in [-0.2, -0.15) is 13.2 Å². The van der Waals surface area contributed by atoms with Crippen molar-refractivity contribution in [3.05, 3.63) is 35.9 Å². The van der Waals surface area contributed by atoms with Crippen LogP contribution in [0.1, 0.15) is 5.56 Å². The van der Waals surface area contributed by atoms with Crippen molar-refractivity contribution in [2.45, 2.75) is 24.8 Å². The summed E-state index contributed by atoms with van der Waals surface area (Å²) in [6, 6.07) is 9.68. The standard InChI is InChI=1S/C14H18F3NO2/c15-14(16,17)13(19)10-18-6-7-20-12(9-18)8-11-4-2-1-3-5-11/h1-5,12-13,19H,6-10H2. The monoisotopic (exact) mass is 289 g/mol. The van der Waals surface area contributed by atoms with Crippen molar-refractivity contribution >= 4 is 0 Å². The third-order valence-electron chi connectivity index (χ3n) is 3.34. The summed E-state index contributed by atoms with van der Waals surface area (Å²) < 4.78 is 42.6. The largest absolute Gasteiger partial charge is 0.415 e. The first-order valence-corrected chi connectivity index (χ1v) is 6.58. The van der Waals surface area contributed by atoms with Gasteiger partial charge in [-0.15, -0.1) is 0 Å². The van der Waals surface area contributed by atoms with Crippen molar-refractivity contribution in [3.8, 4) is 0 Å². The average molecular weight is 289 g/mol. The molecular formula is C14H18F3NO2. The molecule has 0 aliphatic carbocycles. The Bertz CT molecular complexity index is 411. The van der Waals surface area contributed by atoms with Crippen molar-refractivity contribution in [2.75, 3.05) is 26.2 Å². The Hall–Kier alpha value is -1.11. The summed E-state index contributed by atoms with van der Waals surface area (Å²) in [7, 11) is 0. The topological polar surface area (TPSA) is 32.7 Å². The fourth-order valence-electron chi connectivity index (χ4n) is 2.29. The molecule has 1 fully saturated rings. The maximum absolute atomic E-state index is 12.3. The van der Waals surface area contributed by atoms with Crippen molar-refractivity contribution in [3.63, 3.8) is 0 Å². The van der Waals surface area contributed by atoms with Gasteiger partial charge in [-0.1, -0.05) is 30.3 Å². The van der Waals surface area contributed by atoms with Crippen LogP contribution in [0.5, 0.6) is 0 Å². The van der Waals surface area contributed by atoms with Crippen LogP contribution >= 0.6 is 0 Å². The Balaban J connectivity index is 1.86. The molecule has 1 aliphatic rings. The minimum Gasteiger partial charge on any atom is -0.382 e. The van der Waals surface area contributed by atoms with Crippen molar-refractivity contribution in [2.24, 2.45) is 0 Å². The van der Waals surface area contributed by atoms with E-state index in [2.05, 4.69) is 0 Å². The number of aliphatic hydroxyl groups excluding tert-OH is 1. The number of hydrogen-bond acceptors (Lipinski definition) is 3. The van der Waals surface area contributed by atoms with Gasteiger partial charge in [0.15, 0.2) is 6.10 Å². The zero-order valence-corrected chi connectivity index (χ0v) is 11.0. The molecule has 0 radical (unpaired) electrons. The Morgan fingerprint density at radius 2 is 2.00 bits per heavy atom. The van der Waals surface area contributed by atoms with Crippen LogP contribution in [0.2, 0.25) is 0 Å². The summed E-state index contributed by atoms with van der Waals surface area (Å²) in [5.74, 6) is 0. The number of halogens is 3. The molecule has 2 atom stereocenters. The highest BCUT2D eigenvalue weighted by molar-refractivity contribution is 5.15. The first kappa shape index (κ1) is 15.3. The average Bonchev–Trinajstić information content (AvgIpc) is 2.39. The predicted molar refractivity (Wildman–Crippen MR) is 68.4 cm³/mol. The van der Waals surface area contributed by atoms with Crippen LogP contribution in [0.4, 0.5) is 13.2 Å². The second-order valence-corrected chi connectivity index (χ2v) is 5.00. The number of rotatable bonds is 4. The number of aliphatic hydroxyl groups is 1. The van der Waals surface area contributed by atoms with Gasteiger partial charge in [-0.25, -0.2) is 0 Å². The van der Waals surface area contributed by atoms with Gasteiger partial charge in [0.1, 0.15) is 0 Å². The molecule has 2 rings (SSSR count). The first-order chi connectivity index (χ1) is 9.45. The lowest BCUT2D eigenvalue weighted by atomic mass is 10.1. The van der Waals surface area contributed by atoms with Crippen molar-refractivity contribution < 1.29 is 23.0 Å². The summed E-state index contributed by atoms with van der Waals surface area (Å²) in [5, 5.41) is 9.11. The Morgan fingerprint density at radius 3 is 2.65 bits per heavy atom. The second kappa shape index (κ2) is 6.56. The number of hydrogen-bond donors (Lipinski definition) is 1. The third-order valence-corrected chi connectivity index (χ3v) is 3.34. The fourth-order valence-corrected chi connectivity index (χ4v) is 2.29. The molecule has 1 heterocycles. The number of benzene rings is 1. The SMILES string of the molecule is OC(CN1CCOC(Cc2ccccc2)C1)C(F)(F)F. The van der Waals surface area contributed by atoms with E-state index in [0.29, 0.717) is 26.1 Å². The van der Waals surface area contributed by atoms with E-state index in [4.69, 9.17) is 9.84 Å². The van der Waals surface area contributed by atoms with E-state index < -0.39 is 18.8 Å². The smallest absolute Gasteiger partial charge is 0.382 e. The van der Waals surface area contributed by atoms with E-state index in [1.165, 1.54) is 0 Å². The van der Waals surface area contributed by atoms with E-state index in [-0.39, 0.29) is 6.10 Å². The van der Waals surface area contributed by atoms with E-state index >= 15 is 0 Å². The van der Waals surface area contributed by atoms with Crippen molar-refractivity contribution in [1.29, 1.82) is 0 Å². The number of ether oxygens (including phenoxy) is 1. The van der Waals surface area contributed by atoms with E-state index in [1.54, 1.807) is 4.90 Å². The summed E-state index contributed by atoms with van der Waals surface area (Å²) in [6.07, 6.45) is -6.32. The van der Waals surface area contributed by atoms with Gasteiger partial charge in [-0.05, 0) is 12.0 Å². The van der Waals surface area contributed by atoms with E-state index in [0.717, 1.165) is 5.56 Å². The fraction of sp³-hybridized carbons (Fsp3) is 0.571. The summed E-state index contributed by atoms with van der Waals surface area (Å²) >= 11 is 0. The maximum atomic E-state index is 12.3. The molecule has 0 spiro atoms. The molecule has 0 amide bonds. The summed E-state index contributed by atoms with van der Waals surface area (Å²) in [5.41, 5.74) is 1.09. The van der Waals surface area contributed by atoms with Gasteiger partial charge in [0.2, 0.25) is 0 Å². The summed E-state index contributed by atoms with van der Waals surface area (Å²) in [4.78, 5) is 1.61. The lowest BCUT2D eigenvalue weighted by Gasteiger charge is -2.34. The zero-order valence-electron chi connectivity index (χ0n) is 11.0. The molecule has 6 heteroatoms. The molecule has 1 saturated heterocycles. The highest BCUT2D eigenvalue weighted by atomic mass is 19.4. The lowest BCUT2D eigenvalue weighted by molar-refractivity contribution is -0.211. The molecule has 0 bridgehead atoms. The number of morpholine rings is 1. The van der Waals surface area contributed by atoms with Gasteiger partial charge in [0.25, 0.3) is 0 Å². The highest BCUT2D eigenvalue weighted by Crippen LogP contribution is 2.21. The first-order valence-electron chi connectivity index (χ1n) is 6.58. The molecule has 1 N–H and O–H groups in total. The second-order valence-electron chi connectivity index (χ2n) is 5.00. The summed E-state index contributed by atoms with van der Waals surface area (Å²) in [6.45, 7) is 0.820. The molecule has 0 aromatic heterocycles. The quantitative estimate of drug-likeness (QED) is 0.918. The predicted octanol–water partition coefficient (Wildman–Crippen LogP) is 1.85. The molecule has 20 heavy (non-hydrogen) atoms. The van der Waals surface area contributed by atoms with Gasteiger partial charge in [0, 0.05) is 19.6 Å². The molecule has 0 saturated carbocycles. The number of nitrogens with zero attached hydrogens (tertiary/aromatic N) is 1. The van der Waals surface area contributed by atoms with Crippen LogP contribution in [0.15, 0.2) is 30.3 Å². The Kier molecular flexibility index (Phi) is 5.01. The van der Waals surface area contributed by atoms with Crippen molar-refractivity contribution in [1.82, 2.24) is 4.90 Å². The molecule has 2 unspecified atom stereocenters. The number of alkyl halides is 3. The zero-order chi connectivity index (χ0) is 14.6.